The SMILES string of the molecule is C#CCOC(C)CC(=O)N1Cc2cnc(NC3Cc4ccccc4C3)nc2C1. The predicted molar refractivity (Wildman–Crippen MR) is 106 cm³/mol. The van der Waals surface area contributed by atoms with Crippen LogP contribution in [-0.4, -0.2) is 39.5 Å². The zero-order valence-electron chi connectivity index (χ0n) is 16.0. The van der Waals surface area contributed by atoms with Crippen LogP contribution in [0.25, 0.3) is 0 Å². The average Bonchev–Trinajstić information content (AvgIpc) is 3.29. The van der Waals surface area contributed by atoms with Crippen LogP contribution in [0.2, 0.25) is 0 Å². The molecule has 2 heterocycles. The van der Waals surface area contributed by atoms with E-state index >= 15 is 0 Å². The van der Waals surface area contributed by atoms with Crippen LogP contribution in [0.5, 0.6) is 0 Å². The third-order valence-corrected chi connectivity index (χ3v) is 5.31. The average molecular weight is 376 g/mol. The number of benzene rings is 1. The van der Waals surface area contributed by atoms with E-state index < -0.39 is 0 Å². The number of hydrogen-bond acceptors (Lipinski definition) is 5. The minimum Gasteiger partial charge on any atom is -0.365 e. The largest absolute Gasteiger partial charge is 0.365 e. The molecule has 0 saturated carbocycles. The maximum absolute atomic E-state index is 12.5. The highest BCUT2D eigenvalue weighted by Gasteiger charge is 2.27. The first kappa shape index (κ1) is 18.5. The number of anilines is 1. The molecule has 2 aromatic rings. The number of ether oxygens (including phenoxy) is 1. The Hall–Kier alpha value is -2.91. The molecular weight excluding hydrogens is 352 g/mol. The van der Waals surface area contributed by atoms with Gasteiger partial charge < -0.3 is 15.0 Å². The number of nitrogens with zero attached hydrogens (tertiary/aromatic N) is 3. The van der Waals surface area contributed by atoms with Crippen LogP contribution in [0, 0.1) is 12.3 Å². The van der Waals surface area contributed by atoms with Gasteiger partial charge in [-0.25, -0.2) is 9.97 Å². The van der Waals surface area contributed by atoms with Crippen LogP contribution in [0.4, 0.5) is 5.95 Å². The van der Waals surface area contributed by atoms with Gasteiger partial charge in [0.2, 0.25) is 11.9 Å². The lowest BCUT2D eigenvalue weighted by molar-refractivity contribution is -0.134. The summed E-state index contributed by atoms with van der Waals surface area (Å²) in [7, 11) is 0. The third kappa shape index (κ3) is 4.00. The molecule has 1 aromatic heterocycles. The van der Waals surface area contributed by atoms with Crippen molar-refractivity contribution < 1.29 is 9.53 Å². The van der Waals surface area contributed by atoms with Gasteiger partial charge in [0.1, 0.15) is 6.61 Å². The van der Waals surface area contributed by atoms with Crippen molar-refractivity contribution in [3.05, 3.63) is 52.8 Å². The Morgan fingerprint density at radius 3 is 2.79 bits per heavy atom. The van der Waals surface area contributed by atoms with Gasteiger partial charge in [0.25, 0.3) is 0 Å². The van der Waals surface area contributed by atoms with E-state index in [1.807, 2.05) is 13.1 Å². The lowest BCUT2D eigenvalue weighted by Gasteiger charge is -2.18. The Morgan fingerprint density at radius 1 is 1.32 bits per heavy atom. The van der Waals surface area contributed by atoms with Crippen LogP contribution >= 0.6 is 0 Å². The van der Waals surface area contributed by atoms with Crippen molar-refractivity contribution in [3.63, 3.8) is 0 Å². The summed E-state index contributed by atoms with van der Waals surface area (Å²) >= 11 is 0. The minimum absolute atomic E-state index is 0.0447. The van der Waals surface area contributed by atoms with Gasteiger partial charge in [-0.2, -0.15) is 0 Å². The molecule has 1 aromatic carbocycles. The Kier molecular flexibility index (Phi) is 5.27. The summed E-state index contributed by atoms with van der Waals surface area (Å²) < 4.78 is 5.40. The number of aromatic nitrogens is 2. The number of hydrogen-bond donors (Lipinski definition) is 1. The van der Waals surface area contributed by atoms with Gasteiger partial charge in [-0.3, -0.25) is 4.79 Å². The van der Waals surface area contributed by atoms with E-state index in [4.69, 9.17) is 11.2 Å². The molecule has 0 spiro atoms. The molecule has 0 radical (unpaired) electrons. The van der Waals surface area contributed by atoms with Gasteiger partial charge >= 0.3 is 0 Å². The summed E-state index contributed by atoms with van der Waals surface area (Å²) in [5, 5.41) is 3.45. The van der Waals surface area contributed by atoms with Crippen LogP contribution in [0.3, 0.4) is 0 Å². The second-order valence-electron chi connectivity index (χ2n) is 7.46. The second kappa shape index (κ2) is 7.99. The number of nitrogens with one attached hydrogen (secondary N) is 1. The maximum Gasteiger partial charge on any atom is 0.225 e. The van der Waals surface area contributed by atoms with E-state index in [1.54, 1.807) is 4.90 Å². The lowest BCUT2D eigenvalue weighted by atomic mass is 10.1. The first-order chi connectivity index (χ1) is 13.6. The molecule has 4 rings (SSSR count). The van der Waals surface area contributed by atoms with Crippen LogP contribution in [0.1, 0.15) is 35.7 Å². The Labute approximate surface area is 165 Å². The number of carbonyl (C=O) groups excluding carboxylic acids is 1. The Bertz CT molecular complexity index is 896. The van der Waals surface area contributed by atoms with Crippen LogP contribution < -0.4 is 5.32 Å². The second-order valence-corrected chi connectivity index (χ2v) is 7.46. The van der Waals surface area contributed by atoms with Gasteiger partial charge in [-0.05, 0) is 30.9 Å². The molecule has 6 nitrogen and oxygen atoms in total. The Balaban J connectivity index is 1.35. The molecule has 1 amide bonds. The molecule has 2 aliphatic rings. The summed E-state index contributed by atoms with van der Waals surface area (Å²) in [4.78, 5) is 23.4. The number of terminal acetylenes is 1. The summed E-state index contributed by atoms with van der Waals surface area (Å²) in [6.07, 6.45) is 9.11. The highest BCUT2D eigenvalue weighted by Crippen LogP contribution is 2.26. The van der Waals surface area contributed by atoms with Crippen LogP contribution in [-0.2, 0) is 35.5 Å². The minimum atomic E-state index is -0.195. The zero-order chi connectivity index (χ0) is 19.5. The highest BCUT2D eigenvalue weighted by molar-refractivity contribution is 5.77. The number of amides is 1. The van der Waals surface area contributed by atoms with Crippen molar-refractivity contribution in [2.75, 3.05) is 11.9 Å². The third-order valence-electron chi connectivity index (χ3n) is 5.31. The highest BCUT2D eigenvalue weighted by atomic mass is 16.5. The first-order valence-electron chi connectivity index (χ1n) is 9.63. The van der Waals surface area contributed by atoms with Crippen LogP contribution in [0.15, 0.2) is 30.5 Å². The molecule has 1 N–H and O–H groups in total. The van der Waals surface area contributed by atoms with E-state index in [1.165, 1.54) is 11.1 Å². The van der Waals surface area contributed by atoms with Gasteiger partial charge in [0.05, 0.1) is 24.8 Å². The first-order valence-corrected chi connectivity index (χ1v) is 9.63. The molecule has 0 fully saturated rings. The summed E-state index contributed by atoms with van der Waals surface area (Å²) in [5.41, 5.74) is 4.70. The number of rotatable bonds is 6. The smallest absolute Gasteiger partial charge is 0.225 e. The van der Waals surface area contributed by atoms with Crippen molar-refractivity contribution in [1.82, 2.24) is 14.9 Å². The molecule has 1 unspecified atom stereocenters. The fraction of sp³-hybridized carbons (Fsp3) is 0.409. The van der Waals surface area contributed by atoms with Crippen molar-refractivity contribution in [2.24, 2.45) is 0 Å². The van der Waals surface area contributed by atoms with Gasteiger partial charge in [0, 0.05) is 24.3 Å². The van der Waals surface area contributed by atoms with Crippen molar-refractivity contribution in [1.29, 1.82) is 0 Å². The molecule has 28 heavy (non-hydrogen) atoms. The van der Waals surface area contributed by atoms with E-state index in [9.17, 15) is 4.79 Å². The maximum atomic E-state index is 12.5. The topological polar surface area (TPSA) is 67.3 Å². The molecule has 144 valence electrons. The standard InChI is InChI=1S/C22H24N4O2/c1-3-8-28-15(2)9-21(27)26-13-18-12-23-22(25-20(18)14-26)24-19-10-16-6-4-5-7-17(16)11-19/h1,4-7,12,15,19H,8-11,13-14H2,2H3,(H,23,24,25). The molecule has 0 saturated heterocycles. The van der Waals surface area contributed by atoms with Crippen molar-refractivity contribution in [2.45, 2.75) is 51.4 Å². The molecule has 1 aliphatic heterocycles. The van der Waals surface area contributed by atoms with E-state index in [2.05, 4.69) is 45.5 Å². The van der Waals surface area contributed by atoms with Crippen molar-refractivity contribution in [3.8, 4) is 12.3 Å². The lowest BCUT2D eigenvalue weighted by Crippen LogP contribution is -2.29. The van der Waals surface area contributed by atoms with Gasteiger partial charge in [0.15, 0.2) is 0 Å². The summed E-state index contributed by atoms with van der Waals surface area (Å²) in [6.45, 7) is 3.14. The van der Waals surface area contributed by atoms with Gasteiger partial charge in [-0.15, -0.1) is 6.42 Å². The summed E-state index contributed by atoms with van der Waals surface area (Å²) in [5.74, 6) is 3.11. The van der Waals surface area contributed by atoms with E-state index in [0.29, 0.717) is 31.5 Å². The number of carbonyl (C=O) groups is 1. The predicted octanol–water partition coefficient (Wildman–Crippen LogP) is 2.33. The van der Waals surface area contributed by atoms with Crippen molar-refractivity contribution >= 4 is 11.9 Å². The zero-order valence-corrected chi connectivity index (χ0v) is 16.0. The Morgan fingerprint density at radius 2 is 2.07 bits per heavy atom. The molecule has 0 bridgehead atoms. The molecule has 1 atom stereocenters. The van der Waals surface area contributed by atoms with E-state index in [-0.39, 0.29) is 18.6 Å². The quantitative estimate of drug-likeness (QED) is 0.784. The normalized spacial score (nSPS) is 16.4. The molecular formula is C22H24N4O2. The fourth-order valence-corrected chi connectivity index (χ4v) is 3.87. The number of fused-ring (bicyclic) bond motifs is 2. The van der Waals surface area contributed by atoms with E-state index in [0.717, 1.165) is 24.1 Å². The fourth-order valence-electron chi connectivity index (χ4n) is 3.87. The molecule has 1 aliphatic carbocycles. The monoisotopic (exact) mass is 376 g/mol. The van der Waals surface area contributed by atoms with Gasteiger partial charge in [-0.1, -0.05) is 30.2 Å². The summed E-state index contributed by atoms with van der Waals surface area (Å²) in [6, 6.07) is 8.83. The molecule has 6 heteroatoms.